The van der Waals surface area contributed by atoms with Crippen LogP contribution in [0.4, 0.5) is 0 Å². The molecule has 0 radical (unpaired) electrons. The van der Waals surface area contributed by atoms with Crippen molar-refractivity contribution in [2.24, 2.45) is 5.14 Å². The maximum absolute atomic E-state index is 11.2. The van der Waals surface area contributed by atoms with E-state index in [1.54, 1.807) is 12.1 Å². The summed E-state index contributed by atoms with van der Waals surface area (Å²) in [5.41, 5.74) is 2.01. The summed E-state index contributed by atoms with van der Waals surface area (Å²) < 4.78 is 22.4. The normalized spacial score (nSPS) is 18.8. The summed E-state index contributed by atoms with van der Waals surface area (Å²) in [6.07, 6.45) is 1.39. The Balaban J connectivity index is 2.25. The van der Waals surface area contributed by atoms with Gasteiger partial charge in [0, 0.05) is 13.0 Å². The molecule has 0 spiro atoms. The molecule has 0 saturated heterocycles. The Morgan fingerprint density at radius 3 is 2.59 bits per heavy atom. The fourth-order valence-corrected chi connectivity index (χ4v) is 2.73. The molecule has 6 heteroatoms. The molecule has 1 aromatic carbocycles. The standard InChI is InChI=1S/C11H14N2O3S/c1-7(14)13-10-4-8-2-3-11(17(12,15)16)6-9(8)5-10/h2-3,6,10H,4-5H2,1H3,(H,13,14)(H2,12,15,16)/t10-/m1/s1. The molecule has 92 valence electrons. The third-order valence-electron chi connectivity index (χ3n) is 2.85. The van der Waals surface area contributed by atoms with E-state index in [1.807, 2.05) is 0 Å². The topological polar surface area (TPSA) is 89.3 Å². The van der Waals surface area contributed by atoms with E-state index in [9.17, 15) is 13.2 Å². The molecule has 0 fully saturated rings. The number of fused-ring (bicyclic) bond motifs is 1. The van der Waals surface area contributed by atoms with Gasteiger partial charge in [-0.1, -0.05) is 6.07 Å². The number of benzene rings is 1. The van der Waals surface area contributed by atoms with Gasteiger partial charge in [-0.05, 0) is 36.1 Å². The van der Waals surface area contributed by atoms with Crippen LogP contribution in [0.25, 0.3) is 0 Å². The van der Waals surface area contributed by atoms with Crippen molar-refractivity contribution in [1.29, 1.82) is 0 Å². The van der Waals surface area contributed by atoms with Crippen molar-refractivity contribution in [3.63, 3.8) is 0 Å². The van der Waals surface area contributed by atoms with Crippen LogP contribution < -0.4 is 10.5 Å². The van der Waals surface area contributed by atoms with E-state index in [0.717, 1.165) is 17.5 Å². The van der Waals surface area contributed by atoms with E-state index in [1.165, 1.54) is 13.0 Å². The average molecular weight is 254 g/mol. The van der Waals surface area contributed by atoms with E-state index in [-0.39, 0.29) is 16.8 Å². The Labute approximate surface area is 100 Å². The van der Waals surface area contributed by atoms with Gasteiger partial charge in [-0.3, -0.25) is 4.79 Å². The zero-order valence-corrected chi connectivity index (χ0v) is 10.3. The van der Waals surface area contributed by atoms with Gasteiger partial charge in [0.15, 0.2) is 0 Å². The van der Waals surface area contributed by atoms with E-state index in [4.69, 9.17) is 5.14 Å². The zero-order chi connectivity index (χ0) is 12.6. The molecule has 0 aliphatic heterocycles. The molecule has 0 bridgehead atoms. The van der Waals surface area contributed by atoms with Crippen molar-refractivity contribution in [2.45, 2.75) is 30.7 Å². The Bertz CT molecular complexity index is 566. The van der Waals surface area contributed by atoms with Gasteiger partial charge in [-0.25, -0.2) is 13.6 Å². The summed E-state index contributed by atoms with van der Waals surface area (Å²) in [5.74, 6) is -0.0746. The minimum atomic E-state index is -3.65. The molecule has 1 atom stereocenters. The summed E-state index contributed by atoms with van der Waals surface area (Å²) in [6.45, 7) is 1.47. The molecule has 0 saturated carbocycles. The first-order valence-electron chi connectivity index (χ1n) is 5.28. The SMILES string of the molecule is CC(=O)N[C@@H]1Cc2ccc(S(N)(=O)=O)cc2C1. The van der Waals surface area contributed by atoms with Crippen LogP contribution in [0.1, 0.15) is 18.1 Å². The van der Waals surface area contributed by atoms with Crippen molar-refractivity contribution in [3.05, 3.63) is 29.3 Å². The van der Waals surface area contributed by atoms with Gasteiger partial charge in [0.05, 0.1) is 4.90 Å². The second-order valence-corrected chi connectivity index (χ2v) is 5.84. The lowest BCUT2D eigenvalue weighted by atomic mass is 10.1. The zero-order valence-electron chi connectivity index (χ0n) is 9.43. The van der Waals surface area contributed by atoms with Crippen LogP contribution in [-0.2, 0) is 27.7 Å². The smallest absolute Gasteiger partial charge is 0.238 e. The number of sulfonamides is 1. The van der Waals surface area contributed by atoms with Crippen LogP contribution in [0.15, 0.2) is 23.1 Å². The first-order valence-corrected chi connectivity index (χ1v) is 6.82. The summed E-state index contributed by atoms with van der Waals surface area (Å²) in [7, 11) is -3.65. The van der Waals surface area contributed by atoms with Gasteiger partial charge in [0.2, 0.25) is 15.9 Å². The lowest BCUT2D eigenvalue weighted by Crippen LogP contribution is -2.33. The molecule has 17 heavy (non-hydrogen) atoms. The monoisotopic (exact) mass is 254 g/mol. The highest BCUT2D eigenvalue weighted by Gasteiger charge is 2.23. The number of primary sulfonamides is 1. The lowest BCUT2D eigenvalue weighted by molar-refractivity contribution is -0.119. The first-order chi connectivity index (χ1) is 7.86. The van der Waals surface area contributed by atoms with Crippen molar-refractivity contribution in [2.75, 3.05) is 0 Å². The van der Waals surface area contributed by atoms with Gasteiger partial charge >= 0.3 is 0 Å². The van der Waals surface area contributed by atoms with Crippen LogP contribution in [0.3, 0.4) is 0 Å². The van der Waals surface area contributed by atoms with Gasteiger partial charge in [-0.15, -0.1) is 0 Å². The number of rotatable bonds is 2. The van der Waals surface area contributed by atoms with Crippen LogP contribution in [0.5, 0.6) is 0 Å². The maximum Gasteiger partial charge on any atom is 0.238 e. The minimum absolute atomic E-state index is 0.0539. The molecular weight excluding hydrogens is 240 g/mol. The molecule has 1 amide bonds. The molecule has 1 aliphatic carbocycles. The molecule has 0 unspecified atom stereocenters. The van der Waals surface area contributed by atoms with Crippen LogP contribution in [0.2, 0.25) is 0 Å². The number of carbonyl (C=O) groups excluding carboxylic acids is 1. The van der Waals surface area contributed by atoms with Crippen molar-refractivity contribution >= 4 is 15.9 Å². The molecule has 0 heterocycles. The highest BCUT2D eigenvalue weighted by Crippen LogP contribution is 2.24. The van der Waals surface area contributed by atoms with Gasteiger partial charge in [-0.2, -0.15) is 0 Å². The minimum Gasteiger partial charge on any atom is -0.353 e. The first kappa shape index (κ1) is 12.1. The number of hydrogen-bond donors (Lipinski definition) is 2. The quantitative estimate of drug-likeness (QED) is 0.774. The number of nitrogens with one attached hydrogen (secondary N) is 1. The molecular formula is C11H14N2O3S. The Kier molecular flexibility index (Phi) is 2.92. The Morgan fingerprint density at radius 1 is 1.35 bits per heavy atom. The largest absolute Gasteiger partial charge is 0.353 e. The second-order valence-electron chi connectivity index (χ2n) is 4.28. The van der Waals surface area contributed by atoms with Crippen molar-refractivity contribution in [1.82, 2.24) is 5.32 Å². The number of amides is 1. The average Bonchev–Trinajstić information content (AvgIpc) is 2.55. The van der Waals surface area contributed by atoms with E-state index < -0.39 is 10.0 Å². The summed E-state index contributed by atoms with van der Waals surface area (Å²) >= 11 is 0. The van der Waals surface area contributed by atoms with Gasteiger partial charge < -0.3 is 5.32 Å². The van der Waals surface area contributed by atoms with Crippen molar-refractivity contribution < 1.29 is 13.2 Å². The van der Waals surface area contributed by atoms with Gasteiger partial charge in [0.25, 0.3) is 0 Å². The molecule has 5 nitrogen and oxygen atoms in total. The van der Waals surface area contributed by atoms with E-state index in [2.05, 4.69) is 5.32 Å². The van der Waals surface area contributed by atoms with E-state index >= 15 is 0 Å². The molecule has 1 aromatic rings. The summed E-state index contributed by atoms with van der Waals surface area (Å²) in [6, 6.07) is 4.91. The highest BCUT2D eigenvalue weighted by molar-refractivity contribution is 7.89. The number of hydrogen-bond acceptors (Lipinski definition) is 3. The third-order valence-corrected chi connectivity index (χ3v) is 3.76. The predicted octanol–water partition coefficient (Wildman–Crippen LogP) is -0.0627. The summed E-state index contributed by atoms with van der Waals surface area (Å²) in [4.78, 5) is 11.1. The summed E-state index contributed by atoms with van der Waals surface area (Å²) in [5, 5.41) is 7.90. The third kappa shape index (κ3) is 2.65. The van der Waals surface area contributed by atoms with Crippen LogP contribution in [-0.4, -0.2) is 20.4 Å². The lowest BCUT2D eigenvalue weighted by Gasteiger charge is -2.08. The second kappa shape index (κ2) is 4.12. The number of nitrogens with two attached hydrogens (primary N) is 1. The molecule has 2 rings (SSSR count). The molecule has 3 N–H and O–H groups in total. The van der Waals surface area contributed by atoms with Crippen LogP contribution >= 0.6 is 0 Å². The Morgan fingerprint density at radius 2 is 2.00 bits per heavy atom. The maximum atomic E-state index is 11.2. The predicted molar refractivity (Wildman–Crippen MR) is 62.8 cm³/mol. The van der Waals surface area contributed by atoms with Gasteiger partial charge in [0.1, 0.15) is 0 Å². The van der Waals surface area contributed by atoms with Crippen molar-refractivity contribution in [3.8, 4) is 0 Å². The fraction of sp³-hybridized carbons (Fsp3) is 0.364. The fourth-order valence-electron chi connectivity index (χ4n) is 2.16. The Hall–Kier alpha value is -1.40. The van der Waals surface area contributed by atoms with Crippen LogP contribution in [0, 0.1) is 0 Å². The number of carbonyl (C=O) groups is 1. The molecule has 1 aliphatic rings. The van der Waals surface area contributed by atoms with E-state index in [0.29, 0.717) is 6.42 Å². The highest BCUT2D eigenvalue weighted by atomic mass is 32.2. The molecule has 0 aromatic heterocycles.